The van der Waals surface area contributed by atoms with E-state index in [0.29, 0.717) is 12.4 Å². The highest BCUT2D eigenvalue weighted by Crippen LogP contribution is 2.14. The maximum Gasteiger partial charge on any atom is 0.317 e. The van der Waals surface area contributed by atoms with Crippen molar-refractivity contribution in [2.45, 2.75) is 6.54 Å². The third-order valence-corrected chi connectivity index (χ3v) is 2.79. The molecule has 1 heterocycles. The number of halogens is 1. The van der Waals surface area contributed by atoms with Gasteiger partial charge in [0.1, 0.15) is 6.67 Å². The van der Waals surface area contributed by atoms with Gasteiger partial charge in [0.25, 0.3) is 0 Å². The lowest BCUT2D eigenvalue weighted by Crippen LogP contribution is -2.31. The molecule has 0 unspecified atom stereocenters. The van der Waals surface area contributed by atoms with E-state index in [1.54, 1.807) is 12.1 Å². The van der Waals surface area contributed by atoms with E-state index < -0.39 is 12.6 Å². The van der Waals surface area contributed by atoms with Gasteiger partial charge in [-0.05, 0) is 5.56 Å². The van der Waals surface area contributed by atoms with E-state index in [1.165, 1.54) is 11.2 Å². The Morgan fingerprint density at radius 2 is 1.86 bits per heavy atom. The van der Waals surface area contributed by atoms with Crippen LogP contribution in [-0.2, 0) is 11.3 Å². The molecular formula is C13H14FN5O2. The summed E-state index contributed by atoms with van der Waals surface area (Å²) >= 11 is 0. The molecule has 0 aliphatic carbocycles. The summed E-state index contributed by atoms with van der Waals surface area (Å²) < 4.78 is 12.4. The Morgan fingerprint density at radius 3 is 2.43 bits per heavy atom. The summed E-state index contributed by atoms with van der Waals surface area (Å²) in [6.07, 6.45) is 1.25. The van der Waals surface area contributed by atoms with Gasteiger partial charge in [0.05, 0.1) is 6.54 Å². The lowest BCUT2D eigenvalue weighted by Gasteiger charge is -2.18. The van der Waals surface area contributed by atoms with Gasteiger partial charge < -0.3 is 5.11 Å². The third-order valence-electron chi connectivity index (χ3n) is 2.79. The van der Waals surface area contributed by atoms with Gasteiger partial charge in [-0.3, -0.25) is 9.69 Å². The van der Waals surface area contributed by atoms with E-state index in [9.17, 15) is 9.18 Å². The molecule has 110 valence electrons. The highest BCUT2D eigenvalue weighted by Gasteiger charge is 2.10. The van der Waals surface area contributed by atoms with Crippen molar-refractivity contribution >= 4 is 5.97 Å². The molecular weight excluding hydrogens is 277 g/mol. The first-order valence-corrected chi connectivity index (χ1v) is 6.29. The average Bonchev–Trinajstić information content (AvgIpc) is 2.48. The van der Waals surface area contributed by atoms with Crippen molar-refractivity contribution < 1.29 is 14.3 Å². The zero-order chi connectivity index (χ0) is 15.1. The molecule has 0 fully saturated rings. The zero-order valence-electron chi connectivity index (χ0n) is 11.2. The topological polar surface area (TPSA) is 92.1 Å². The largest absolute Gasteiger partial charge is 0.480 e. The molecule has 0 aliphatic rings. The highest BCUT2D eigenvalue weighted by molar-refractivity contribution is 5.69. The second-order valence-electron chi connectivity index (χ2n) is 4.36. The normalized spacial score (nSPS) is 10.8. The summed E-state index contributed by atoms with van der Waals surface area (Å²) in [7, 11) is 0. The Labute approximate surface area is 120 Å². The molecule has 0 aliphatic heterocycles. The van der Waals surface area contributed by atoms with Gasteiger partial charge in [-0.2, -0.15) is 0 Å². The van der Waals surface area contributed by atoms with E-state index in [-0.39, 0.29) is 13.1 Å². The van der Waals surface area contributed by atoms with Crippen LogP contribution in [-0.4, -0.2) is 56.1 Å². The predicted octanol–water partition coefficient (Wildman–Crippen LogP) is 0.790. The summed E-state index contributed by atoms with van der Waals surface area (Å²) in [5.41, 5.74) is 1.64. The lowest BCUT2D eigenvalue weighted by molar-refractivity contribution is -0.138. The second kappa shape index (κ2) is 7.34. The molecule has 2 rings (SSSR count). The maximum atomic E-state index is 12.4. The molecule has 1 aromatic carbocycles. The Kier molecular flexibility index (Phi) is 5.22. The summed E-state index contributed by atoms with van der Waals surface area (Å²) in [6, 6.07) is 7.22. The number of carboxylic acids is 1. The summed E-state index contributed by atoms with van der Waals surface area (Å²) in [5.74, 6) is -0.565. The summed E-state index contributed by atoms with van der Waals surface area (Å²) in [6.45, 7) is -0.325. The van der Waals surface area contributed by atoms with Crippen LogP contribution < -0.4 is 0 Å². The van der Waals surface area contributed by atoms with Crippen molar-refractivity contribution in [1.29, 1.82) is 0 Å². The molecule has 2 aromatic rings. The van der Waals surface area contributed by atoms with E-state index in [0.717, 1.165) is 11.1 Å². The second-order valence-corrected chi connectivity index (χ2v) is 4.36. The Bertz CT molecular complexity index is 579. The fraction of sp³-hybridized carbons (Fsp3) is 0.308. The van der Waals surface area contributed by atoms with Crippen LogP contribution in [0.25, 0.3) is 11.4 Å². The van der Waals surface area contributed by atoms with Crippen LogP contribution >= 0.6 is 0 Å². The van der Waals surface area contributed by atoms with Crippen molar-refractivity contribution in [2.75, 3.05) is 19.8 Å². The van der Waals surface area contributed by atoms with Gasteiger partial charge >= 0.3 is 5.97 Å². The van der Waals surface area contributed by atoms with Crippen molar-refractivity contribution in [3.05, 3.63) is 36.2 Å². The average molecular weight is 291 g/mol. The number of carboxylic acid groups (broad SMARTS) is 1. The predicted molar refractivity (Wildman–Crippen MR) is 71.9 cm³/mol. The Hall–Kier alpha value is -2.48. The Morgan fingerprint density at radius 1 is 1.19 bits per heavy atom. The number of nitrogens with zero attached hydrogens (tertiary/aromatic N) is 5. The van der Waals surface area contributed by atoms with Crippen LogP contribution in [0.5, 0.6) is 0 Å². The molecule has 1 aromatic heterocycles. The number of aromatic nitrogens is 4. The number of alkyl halides is 1. The van der Waals surface area contributed by atoms with Crippen LogP contribution in [0.15, 0.2) is 30.6 Å². The molecule has 21 heavy (non-hydrogen) atoms. The van der Waals surface area contributed by atoms with Crippen molar-refractivity contribution in [2.24, 2.45) is 0 Å². The van der Waals surface area contributed by atoms with E-state index in [4.69, 9.17) is 5.11 Å². The first-order chi connectivity index (χ1) is 10.2. The molecule has 8 heteroatoms. The van der Waals surface area contributed by atoms with Gasteiger partial charge in [-0.1, -0.05) is 24.3 Å². The SMILES string of the molecule is O=C(O)CN(CCF)Cc1ccc(-c2nncnn2)cc1. The van der Waals surface area contributed by atoms with Gasteiger partial charge in [-0.15, -0.1) is 20.4 Å². The minimum atomic E-state index is -0.977. The number of benzene rings is 1. The zero-order valence-corrected chi connectivity index (χ0v) is 11.2. The molecule has 0 saturated heterocycles. The number of hydrogen-bond acceptors (Lipinski definition) is 6. The van der Waals surface area contributed by atoms with Gasteiger partial charge in [0.15, 0.2) is 6.33 Å². The standard InChI is InChI=1S/C13H14FN5O2/c14-5-6-19(8-12(20)21)7-10-1-3-11(4-2-10)13-17-15-9-16-18-13/h1-4,9H,5-8H2,(H,20,21). The summed E-state index contributed by atoms with van der Waals surface area (Å²) in [4.78, 5) is 12.2. The first-order valence-electron chi connectivity index (χ1n) is 6.29. The van der Waals surface area contributed by atoms with Crippen molar-refractivity contribution in [3.8, 4) is 11.4 Å². The Balaban J connectivity index is 2.06. The maximum absolute atomic E-state index is 12.4. The monoisotopic (exact) mass is 291 g/mol. The van der Waals surface area contributed by atoms with Gasteiger partial charge in [0.2, 0.25) is 5.82 Å². The fourth-order valence-electron chi connectivity index (χ4n) is 1.86. The van der Waals surface area contributed by atoms with Crippen LogP contribution in [0.3, 0.4) is 0 Å². The van der Waals surface area contributed by atoms with E-state index >= 15 is 0 Å². The van der Waals surface area contributed by atoms with Crippen molar-refractivity contribution in [1.82, 2.24) is 25.3 Å². The van der Waals surface area contributed by atoms with Crippen LogP contribution in [0.4, 0.5) is 4.39 Å². The van der Waals surface area contributed by atoms with Gasteiger partial charge in [-0.25, -0.2) is 4.39 Å². The molecule has 1 N–H and O–H groups in total. The highest BCUT2D eigenvalue weighted by atomic mass is 19.1. The van der Waals surface area contributed by atoms with Crippen molar-refractivity contribution in [3.63, 3.8) is 0 Å². The van der Waals surface area contributed by atoms with Crippen LogP contribution in [0.2, 0.25) is 0 Å². The molecule has 0 bridgehead atoms. The molecule has 0 spiro atoms. The molecule has 0 saturated carbocycles. The van der Waals surface area contributed by atoms with Crippen LogP contribution in [0.1, 0.15) is 5.56 Å². The quantitative estimate of drug-likeness (QED) is 0.806. The lowest BCUT2D eigenvalue weighted by atomic mass is 10.1. The minimum Gasteiger partial charge on any atom is -0.480 e. The third kappa shape index (κ3) is 4.53. The summed E-state index contributed by atoms with van der Waals surface area (Å²) in [5, 5.41) is 23.8. The first kappa shape index (κ1) is 14.9. The number of rotatable bonds is 7. The fourth-order valence-corrected chi connectivity index (χ4v) is 1.86. The number of hydrogen-bond donors (Lipinski definition) is 1. The molecule has 7 nitrogen and oxygen atoms in total. The smallest absolute Gasteiger partial charge is 0.317 e. The molecule has 0 atom stereocenters. The number of aliphatic carboxylic acids is 1. The minimum absolute atomic E-state index is 0.0870. The molecule has 0 radical (unpaired) electrons. The van der Waals surface area contributed by atoms with Crippen LogP contribution in [0, 0.1) is 0 Å². The number of carbonyl (C=O) groups is 1. The van der Waals surface area contributed by atoms with Gasteiger partial charge in [0, 0.05) is 18.7 Å². The molecule has 0 amide bonds. The van der Waals surface area contributed by atoms with E-state index in [2.05, 4.69) is 20.4 Å². The van der Waals surface area contributed by atoms with E-state index in [1.807, 2.05) is 12.1 Å².